The van der Waals surface area contributed by atoms with Crippen LogP contribution in [0.5, 0.6) is 5.75 Å². The number of halogens is 1. The molecule has 4 nitrogen and oxygen atoms in total. The zero-order chi connectivity index (χ0) is 12.6. The van der Waals surface area contributed by atoms with Crippen LogP contribution in [0, 0.1) is 13.8 Å². The van der Waals surface area contributed by atoms with Gasteiger partial charge in [0, 0.05) is 10.6 Å². The van der Waals surface area contributed by atoms with Crippen molar-refractivity contribution in [2.24, 2.45) is 0 Å². The molecule has 0 aliphatic heterocycles. The largest absolute Gasteiger partial charge is 0.496 e. The summed E-state index contributed by atoms with van der Waals surface area (Å²) in [5.41, 5.74) is 9.82. The van der Waals surface area contributed by atoms with E-state index in [1.807, 2.05) is 26.0 Å². The third-order valence-electron chi connectivity index (χ3n) is 2.73. The molecule has 0 bridgehead atoms. The summed E-state index contributed by atoms with van der Waals surface area (Å²) in [6, 6.07) is 3.70. The minimum Gasteiger partial charge on any atom is -0.496 e. The second-order valence-electron chi connectivity index (χ2n) is 3.91. The number of benzene rings is 1. The third-order valence-corrected chi connectivity index (χ3v) is 3.14. The van der Waals surface area contributed by atoms with Gasteiger partial charge in [0.1, 0.15) is 11.4 Å². The van der Waals surface area contributed by atoms with Crippen LogP contribution in [0.1, 0.15) is 11.3 Å². The standard InChI is InChI=1S/C12H14ClN3O/c1-6-4-10(17-3)8(5-9(6)13)12-11(14)7(2)15-16-12/h4-5H,14H2,1-3H3,(H,15,16). The first kappa shape index (κ1) is 11.8. The number of nitrogen functional groups attached to an aromatic ring is 1. The fraction of sp³-hybridized carbons (Fsp3) is 0.250. The van der Waals surface area contributed by atoms with Crippen LogP contribution in [0.15, 0.2) is 12.1 Å². The van der Waals surface area contributed by atoms with Crippen LogP contribution in [0.4, 0.5) is 5.69 Å². The lowest BCUT2D eigenvalue weighted by Crippen LogP contribution is -1.93. The molecule has 0 radical (unpaired) electrons. The molecule has 1 heterocycles. The molecule has 3 N–H and O–H groups in total. The van der Waals surface area contributed by atoms with Crippen LogP contribution >= 0.6 is 11.6 Å². The lowest BCUT2D eigenvalue weighted by Gasteiger charge is -2.09. The minimum absolute atomic E-state index is 0.614. The number of H-pyrrole nitrogens is 1. The van der Waals surface area contributed by atoms with E-state index in [4.69, 9.17) is 22.1 Å². The van der Waals surface area contributed by atoms with Gasteiger partial charge in [0.15, 0.2) is 0 Å². The van der Waals surface area contributed by atoms with Crippen molar-refractivity contribution in [2.45, 2.75) is 13.8 Å². The molecule has 2 rings (SSSR count). The van der Waals surface area contributed by atoms with Crippen LogP contribution in [-0.4, -0.2) is 17.3 Å². The summed E-state index contributed by atoms with van der Waals surface area (Å²) in [6.45, 7) is 3.79. The molecule has 90 valence electrons. The fourth-order valence-electron chi connectivity index (χ4n) is 1.65. The first-order chi connectivity index (χ1) is 8.04. The Morgan fingerprint density at radius 1 is 1.35 bits per heavy atom. The van der Waals surface area contributed by atoms with Gasteiger partial charge in [0.2, 0.25) is 0 Å². The van der Waals surface area contributed by atoms with E-state index in [1.54, 1.807) is 7.11 Å². The fourth-order valence-corrected chi connectivity index (χ4v) is 1.82. The lowest BCUT2D eigenvalue weighted by atomic mass is 10.1. The van der Waals surface area contributed by atoms with Crippen molar-refractivity contribution in [1.82, 2.24) is 10.2 Å². The molecular formula is C12H14ClN3O. The Balaban J connectivity index is 2.66. The highest BCUT2D eigenvalue weighted by Crippen LogP contribution is 2.36. The lowest BCUT2D eigenvalue weighted by molar-refractivity contribution is 0.416. The van der Waals surface area contributed by atoms with Crippen molar-refractivity contribution >= 4 is 17.3 Å². The van der Waals surface area contributed by atoms with Gasteiger partial charge in [0.25, 0.3) is 0 Å². The van der Waals surface area contributed by atoms with Gasteiger partial charge in [-0.1, -0.05) is 11.6 Å². The number of nitrogens with two attached hydrogens (primary N) is 1. The van der Waals surface area contributed by atoms with Crippen LogP contribution < -0.4 is 10.5 Å². The van der Waals surface area contributed by atoms with E-state index < -0.39 is 0 Å². The molecule has 0 spiro atoms. The number of rotatable bonds is 2. The molecule has 1 aromatic heterocycles. The quantitative estimate of drug-likeness (QED) is 0.863. The maximum absolute atomic E-state index is 6.12. The van der Waals surface area contributed by atoms with Crippen molar-refractivity contribution in [1.29, 1.82) is 0 Å². The molecule has 0 atom stereocenters. The van der Waals surface area contributed by atoms with Gasteiger partial charge in [-0.25, -0.2) is 0 Å². The Bertz CT molecular complexity index is 563. The Morgan fingerprint density at radius 3 is 2.59 bits per heavy atom. The number of anilines is 1. The van der Waals surface area contributed by atoms with E-state index in [9.17, 15) is 0 Å². The van der Waals surface area contributed by atoms with Crippen molar-refractivity contribution in [3.05, 3.63) is 28.4 Å². The van der Waals surface area contributed by atoms with Crippen LogP contribution in [-0.2, 0) is 0 Å². The summed E-state index contributed by atoms with van der Waals surface area (Å²) in [6.07, 6.45) is 0. The number of nitrogens with zero attached hydrogens (tertiary/aromatic N) is 1. The molecule has 1 aromatic carbocycles. The number of hydrogen-bond acceptors (Lipinski definition) is 3. The maximum atomic E-state index is 6.12. The van der Waals surface area contributed by atoms with E-state index in [0.717, 1.165) is 16.8 Å². The average molecular weight is 252 g/mol. The van der Waals surface area contributed by atoms with Crippen molar-refractivity contribution < 1.29 is 4.74 Å². The smallest absolute Gasteiger partial charge is 0.128 e. The van der Waals surface area contributed by atoms with Crippen LogP contribution in [0.2, 0.25) is 5.02 Å². The van der Waals surface area contributed by atoms with Gasteiger partial charge in [-0.15, -0.1) is 0 Å². The maximum Gasteiger partial charge on any atom is 0.128 e. The number of hydrogen-bond donors (Lipinski definition) is 2. The summed E-state index contributed by atoms with van der Waals surface area (Å²) in [7, 11) is 1.61. The number of methoxy groups -OCH3 is 1. The van der Waals surface area contributed by atoms with E-state index in [2.05, 4.69) is 10.2 Å². The Morgan fingerprint density at radius 2 is 2.06 bits per heavy atom. The second kappa shape index (κ2) is 4.30. The number of aromatic amines is 1. The summed E-state index contributed by atoms with van der Waals surface area (Å²) in [5.74, 6) is 0.713. The van der Waals surface area contributed by atoms with E-state index >= 15 is 0 Å². The molecule has 0 saturated heterocycles. The monoisotopic (exact) mass is 251 g/mol. The number of nitrogens with one attached hydrogen (secondary N) is 1. The molecular weight excluding hydrogens is 238 g/mol. The van der Waals surface area contributed by atoms with Gasteiger partial charge in [-0.2, -0.15) is 5.10 Å². The number of aromatic nitrogens is 2. The van der Waals surface area contributed by atoms with Gasteiger partial charge in [0.05, 0.1) is 18.5 Å². The zero-order valence-electron chi connectivity index (χ0n) is 9.97. The molecule has 17 heavy (non-hydrogen) atoms. The second-order valence-corrected chi connectivity index (χ2v) is 4.32. The highest BCUT2D eigenvalue weighted by molar-refractivity contribution is 6.31. The van der Waals surface area contributed by atoms with Crippen molar-refractivity contribution in [2.75, 3.05) is 12.8 Å². The highest BCUT2D eigenvalue weighted by atomic mass is 35.5. The number of ether oxygens (including phenoxy) is 1. The molecule has 0 aliphatic rings. The predicted molar refractivity (Wildman–Crippen MR) is 69.5 cm³/mol. The van der Waals surface area contributed by atoms with Gasteiger partial charge < -0.3 is 10.5 Å². The summed E-state index contributed by atoms with van der Waals surface area (Å²) in [4.78, 5) is 0. The third kappa shape index (κ3) is 1.96. The number of aryl methyl sites for hydroxylation is 2. The van der Waals surface area contributed by atoms with Crippen LogP contribution in [0.25, 0.3) is 11.3 Å². The molecule has 0 unspecified atom stereocenters. The van der Waals surface area contributed by atoms with E-state index in [0.29, 0.717) is 22.2 Å². The molecule has 2 aromatic rings. The van der Waals surface area contributed by atoms with E-state index in [-0.39, 0.29) is 0 Å². The van der Waals surface area contributed by atoms with Gasteiger partial charge in [-0.05, 0) is 31.5 Å². The zero-order valence-corrected chi connectivity index (χ0v) is 10.7. The topological polar surface area (TPSA) is 63.9 Å². The molecule has 5 heteroatoms. The summed E-state index contributed by atoms with van der Waals surface area (Å²) < 4.78 is 5.33. The van der Waals surface area contributed by atoms with Crippen molar-refractivity contribution in [3.63, 3.8) is 0 Å². The average Bonchev–Trinajstić information content (AvgIpc) is 2.63. The Hall–Kier alpha value is -1.68. The van der Waals surface area contributed by atoms with Gasteiger partial charge in [-0.3, -0.25) is 5.10 Å². The Labute approximate surface area is 105 Å². The predicted octanol–water partition coefficient (Wildman–Crippen LogP) is 2.94. The Kier molecular flexibility index (Phi) is 2.98. The SMILES string of the molecule is COc1cc(C)c(Cl)cc1-c1n[nH]c(C)c1N. The first-order valence-electron chi connectivity index (χ1n) is 5.19. The van der Waals surface area contributed by atoms with Crippen molar-refractivity contribution in [3.8, 4) is 17.0 Å². The molecule has 0 aliphatic carbocycles. The molecule has 0 fully saturated rings. The highest BCUT2D eigenvalue weighted by Gasteiger charge is 2.15. The minimum atomic E-state index is 0.614. The molecule has 0 saturated carbocycles. The summed E-state index contributed by atoms with van der Waals surface area (Å²) >= 11 is 6.12. The summed E-state index contributed by atoms with van der Waals surface area (Å²) in [5, 5.41) is 7.69. The molecule has 0 amide bonds. The van der Waals surface area contributed by atoms with Crippen LogP contribution in [0.3, 0.4) is 0 Å². The normalized spacial score (nSPS) is 10.6. The van der Waals surface area contributed by atoms with E-state index in [1.165, 1.54) is 0 Å². The first-order valence-corrected chi connectivity index (χ1v) is 5.57. The van der Waals surface area contributed by atoms with Gasteiger partial charge >= 0.3 is 0 Å².